The molecule has 0 saturated heterocycles. The van der Waals surface area contributed by atoms with Crippen LogP contribution in [0.5, 0.6) is 5.75 Å². The minimum atomic E-state index is -0.399. The van der Waals surface area contributed by atoms with Crippen molar-refractivity contribution in [2.75, 3.05) is 6.54 Å². The topological polar surface area (TPSA) is 54.5 Å². The second-order valence-electron chi connectivity index (χ2n) is 6.36. The van der Waals surface area contributed by atoms with E-state index in [1.165, 1.54) is 6.07 Å². The number of carbonyl (C=O) groups excluding carboxylic acids is 1. The zero-order valence-electron chi connectivity index (χ0n) is 14.5. The number of pyridine rings is 1. The van der Waals surface area contributed by atoms with E-state index in [0.29, 0.717) is 22.9 Å². The molecule has 138 valence electrons. The van der Waals surface area contributed by atoms with Crippen molar-refractivity contribution in [2.45, 2.75) is 38.5 Å². The van der Waals surface area contributed by atoms with Gasteiger partial charge in [-0.1, -0.05) is 17.7 Å². The van der Waals surface area contributed by atoms with Gasteiger partial charge in [-0.2, -0.15) is 0 Å². The number of benzene rings is 1. The van der Waals surface area contributed by atoms with Crippen LogP contribution in [-0.2, 0) is 6.54 Å². The third-order valence-corrected chi connectivity index (χ3v) is 4.51. The van der Waals surface area contributed by atoms with Crippen LogP contribution < -0.4 is 10.1 Å². The summed E-state index contributed by atoms with van der Waals surface area (Å²) in [5.74, 6) is 0.246. The Balaban J connectivity index is 1.57. The maximum absolute atomic E-state index is 14.0. The lowest BCUT2D eigenvalue weighted by Crippen LogP contribution is -2.44. The third-order valence-electron chi connectivity index (χ3n) is 4.15. The first-order valence-electron chi connectivity index (χ1n) is 8.58. The maximum Gasteiger partial charge on any atom is 0.318 e. The van der Waals surface area contributed by atoms with Crippen molar-refractivity contribution in [1.82, 2.24) is 15.2 Å². The largest absolute Gasteiger partial charge is 0.487 e. The summed E-state index contributed by atoms with van der Waals surface area (Å²) in [4.78, 5) is 18.2. The Labute approximate surface area is 157 Å². The van der Waals surface area contributed by atoms with Gasteiger partial charge in [0.1, 0.15) is 17.7 Å². The molecule has 1 saturated carbocycles. The molecule has 1 aliphatic rings. The number of amides is 2. The van der Waals surface area contributed by atoms with E-state index in [1.807, 2.05) is 13.0 Å². The van der Waals surface area contributed by atoms with Crippen molar-refractivity contribution in [1.29, 1.82) is 0 Å². The summed E-state index contributed by atoms with van der Waals surface area (Å²) in [5, 5.41) is 3.19. The van der Waals surface area contributed by atoms with Gasteiger partial charge in [-0.3, -0.25) is 4.98 Å². The van der Waals surface area contributed by atoms with Crippen LogP contribution >= 0.6 is 11.6 Å². The molecule has 1 atom stereocenters. The van der Waals surface area contributed by atoms with Crippen LogP contribution in [0.15, 0.2) is 42.7 Å². The molecule has 1 aliphatic carbocycles. The van der Waals surface area contributed by atoms with Gasteiger partial charge in [-0.25, -0.2) is 9.18 Å². The zero-order valence-corrected chi connectivity index (χ0v) is 15.2. The standard InChI is InChI=1S/C19H21ClFN3O2/c1-13(26-15-4-3-9-22-11-15)10-23-19(25)24(14-7-8-14)12-16-17(20)5-2-6-18(16)21/h2-6,9,11,13-14H,7-8,10,12H2,1H3,(H,23,25)/t13-/m1/s1. The second kappa shape index (κ2) is 8.36. The molecule has 1 heterocycles. The van der Waals surface area contributed by atoms with Gasteiger partial charge in [0.05, 0.1) is 19.3 Å². The van der Waals surface area contributed by atoms with E-state index in [2.05, 4.69) is 10.3 Å². The Morgan fingerprint density at radius 2 is 2.23 bits per heavy atom. The number of rotatable bonds is 7. The fourth-order valence-electron chi connectivity index (χ4n) is 2.63. The summed E-state index contributed by atoms with van der Waals surface area (Å²) in [6, 6.07) is 8.02. The summed E-state index contributed by atoms with van der Waals surface area (Å²) in [6.45, 7) is 2.35. The van der Waals surface area contributed by atoms with E-state index in [-0.39, 0.29) is 24.7 Å². The minimum absolute atomic E-state index is 0.125. The number of ether oxygens (including phenoxy) is 1. The predicted octanol–water partition coefficient (Wildman–Crippen LogP) is 4.02. The smallest absolute Gasteiger partial charge is 0.318 e. The molecule has 2 amide bonds. The first kappa shape index (κ1) is 18.5. The molecule has 0 aliphatic heterocycles. The van der Waals surface area contributed by atoms with Crippen molar-refractivity contribution >= 4 is 17.6 Å². The normalized spacial score (nSPS) is 14.6. The van der Waals surface area contributed by atoms with Gasteiger partial charge in [0.2, 0.25) is 0 Å². The molecule has 5 nitrogen and oxygen atoms in total. The Morgan fingerprint density at radius 1 is 1.42 bits per heavy atom. The Morgan fingerprint density at radius 3 is 2.88 bits per heavy atom. The monoisotopic (exact) mass is 377 g/mol. The molecular formula is C19H21ClFN3O2. The lowest BCUT2D eigenvalue weighted by molar-refractivity contribution is 0.177. The highest BCUT2D eigenvalue weighted by Crippen LogP contribution is 2.30. The van der Waals surface area contributed by atoms with Crippen molar-refractivity contribution in [3.63, 3.8) is 0 Å². The van der Waals surface area contributed by atoms with E-state index in [4.69, 9.17) is 16.3 Å². The molecule has 7 heteroatoms. The molecule has 0 radical (unpaired) electrons. The SMILES string of the molecule is C[C@H](CNC(=O)N(Cc1c(F)cccc1Cl)C1CC1)Oc1cccnc1. The average molecular weight is 378 g/mol. The van der Waals surface area contributed by atoms with Crippen LogP contribution in [0.2, 0.25) is 5.02 Å². The van der Waals surface area contributed by atoms with E-state index >= 15 is 0 Å². The maximum atomic E-state index is 14.0. The first-order valence-corrected chi connectivity index (χ1v) is 8.96. The van der Waals surface area contributed by atoms with E-state index in [9.17, 15) is 9.18 Å². The van der Waals surface area contributed by atoms with Gasteiger partial charge in [-0.15, -0.1) is 0 Å². The van der Waals surface area contributed by atoms with Crippen LogP contribution in [0.4, 0.5) is 9.18 Å². The number of aromatic nitrogens is 1. The highest BCUT2D eigenvalue weighted by atomic mass is 35.5. The third kappa shape index (κ3) is 4.85. The molecular weight excluding hydrogens is 357 g/mol. The number of nitrogens with one attached hydrogen (secondary N) is 1. The summed E-state index contributed by atoms with van der Waals surface area (Å²) in [7, 11) is 0. The van der Waals surface area contributed by atoms with Crippen molar-refractivity contribution in [3.8, 4) is 5.75 Å². The molecule has 1 aromatic carbocycles. The fourth-order valence-corrected chi connectivity index (χ4v) is 2.85. The Bertz CT molecular complexity index is 735. The minimum Gasteiger partial charge on any atom is -0.487 e. The molecule has 3 rings (SSSR count). The Hall–Kier alpha value is -2.34. The van der Waals surface area contributed by atoms with Gasteiger partial charge >= 0.3 is 6.03 Å². The van der Waals surface area contributed by atoms with Gasteiger partial charge in [-0.05, 0) is 44.0 Å². The zero-order chi connectivity index (χ0) is 18.5. The molecule has 0 spiro atoms. The number of carbonyl (C=O) groups is 1. The van der Waals surface area contributed by atoms with Crippen molar-refractivity contribution < 1.29 is 13.9 Å². The average Bonchev–Trinajstić information content (AvgIpc) is 3.45. The van der Waals surface area contributed by atoms with Crippen LogP contribution in [0.3, 0.4) is 0 Å². The molecule has 2 aromatic rings. The molecule has 0 unspecified atom stereocenters. The van der Waals surface area contributed by atoms with Crippen LogP contribution in [0, 0.1) is 5.82 Å². The second-order valence-corrected chi connectivity index (χ2v) is 6.77. The highest BCUT2D eigenvalue weighted by Gasteiger charge is 2.33. The summed E-state index contributed by atoms with van der Waals surface area (Å²) < 4.78 is 19.7. The van der Waals surface area contributed by atoms with Crippen LogP contribution in [0.1, 0.15) is 25.3 Å². The molecule has 1 fully saturated rings. The van der Waals surface area contributed by atoms with Gasteiger partial charge in [0.15, 0.2) is 0 Å². The van der Waals surface area contributed by atoms with Crippen molar-refractivity contribution in [3.05, 3.63) is 59.1 Å². The number of urea groups is 1. The lowest BCUT2D eigenvalue weighted by Gasteiger charge is -2.25. The number of hydrogen-bond donors (Lipinski definition) is 1. The first-order chi connectivity index (χ1) is 12.5. The van der Waals surface area contributed by atoms with Gasteiger partial charge < -0.3 is 15.0 Å². The molecule has 0 bridgehead atoms. The number of hydrogen-bond acceptors (Lipinski definition) is 3. The van der Waals surface area contributed by atoms with Gasteiger partial charge in [0, 0.05) is 22.8 Å². The summed E-state index contributed by atoms with van der Waals surface area (Å²) >= 11 is 6.10. The van der Waals surface area contributed by atoms with E-state index < -0.39 is 5.82 Å². The summed E-state index contributed by atoms with van der Waals surface area (Å²) in [6.07, 6.45) is 4.90. The molecule has 1 aromatic heterocycles. The predicted molar refractivity (Wildman–Crippen MR) is 97.7 cm³/mol. The van der Waals surface area contributed by atoms with Crippen LogP contribution in [0.25, 0.3) is 0 Å². The van der Waals surface area contributed by atoms with Crippen molar-refractivity contribution in [2.24, 2.45) is 0 Å². The highest BCUT2D eigenvalue weighted by molar-refractivity contribution is 6.31. The molecule has 26 heavy (non-hydrogen) atoms. The Kier molecular flexibility index (Phi) is 5.93. The molecule has 1 N–H and O–H groups in total. The van der Waals surface area contributed by atoms with E-state index in [1.54, 1.807) is 35.5 Å². The number of halogens is 2. The van der Waals surface area contributed by atoms with E-state index in [0.717, 1.165) is 12.8 Å². The fraction of sp³-hybridized carbons (Fsp3) is 0.368. The van der Waals surface area contributed by atoms with Crippen LogP contribution in [-0.4, -0.2) is 34.6 Å². The quantitative estimate of drug-likeness (QED) is 0.793. The lowest BCUT2D eigenvalue weighted by atomic mass is 10.2. The van der Waals surface area contributed by atoms with Gasteiger partial charge in [0.25, 0.3) is 0 Å². The summed E-state index contributed by atoms with van der Waals surface area (Å²) in [5.41, 5.74) is 0.343. The number of nitrogens with zero attached hydrogens (tertiary/aromatic N) is 2.